The van der Waals surface area contributed by atoms with Gasteiger partial charge in [-0.2, -0.15) is 5.10 Å². The van der Waals surface area contributed by atoms with Crippen LogP contribution in [0.2, 0.25) is 0 Å². The van der Waals surface area contributed by atoms with Gasteiger partial charge >= 0.3 is 0 Å². The van der Waals surface area contributed by atoms with Gasteiger partial charge < -0.3 is 9.15 Å². The predicted molar refractivity (Wildman–Crippen MR) is 105 cm³/mol. The smallest absolute Gasteiger partial charge is 0.277 e. The Bertz CT molecular complexity index is 1120. The predicted octanol–water partition coefficient (Wildman–Crippen LogP) is 4.22. The number of para-hydroxylation sites is 1. The summed E-state index contributed by atoms with van der Waals surface area (Å²) in [5, 5.41) is 4.60. The molecule has 4 rings (SSSR count). The zero-order valence-corrected chi connectivity index (χ0v) is 15.3. The first-order valence-electron chi connectivity index (χ1n) is 8.33. The number of nitrogens with one attached hydrogen (secondary N) is 1. The van der Waals surface area contributed by atoms with E-state index in [4.69, 9.17) is 9.15 Å². The Labute approximate surface area is 163 Å². The Morgan fingerprint density at radius 1 is 1.21 bits per heavy atom. The second-order valence-corrected chi connectivity index (χ2v) is 6.76. The molecule has 0 saturated heterocycles. The van der Waals surface area contributed by atoms with Crippen molar-refractivity contribution in [1.82, 2.24) is 10.4 Å². The highest BCUT2D eigenvalue weighted by Crippen LogP contribution is 2.30. The Hall–Kier alpha value is -3.52. The van der Waals surface area contributed by atoms with Crippen LogP contribution in [0, 0.1) is 5.82 Å². The molecule has 0 aliphatic heterocycles. The lowest BCUT2D eigenvalue weighted by Gasteiger charge is -2.04. The van der Waals surface area contributed by atoms with E-state index in [0.717, 1.165) is 15.2 Å². The molecule has 0 aliphatic carbocycles. The van der Waals surface area contributed by atoms with Gasteiger partial charge in [-0.05, 0) is 36.4 Å². The van der Waals surface area contributed by atoms with Crippen molar-refractivity contribution in [2.75, 3.05) is 6.61 Å². The summed E-state index contributed by atoms with van der Waals surface area (Å²) in [4.78, 5) is 16.3. The molecule has 140 valence electrons. The number of carbonyl (C=O) groups excluding carboxylic acids is 1. The van der Waals surface area contributed by atoms with Gasteiger partial charge in [0.25, 0.3) is 5.91 Å². The number of hydrogen-bond acceptors (Lipinski definition) is 6. The number of benzene rings is 2. The van der Waals surface area contributed by atoms with E-state index in [2.05, 4.69) is 15.5 Å². The number of thiazole rings is 1. The number of aromatic nitrogens is 1. The van der Waals surface area contributed by atoms with Crippen molar-refractivity contribution in [3.05, 3.63) is 72.2 Å². The minimum Gasteiger partial charge on any atom is -0.484 e. The van der Waals surface area contributed by atoms with Gasteiger partial charge in [0.2, 0.25) is 0 Å². The van der Waals surface area contributed by atoms with E-state index in [0.29, 0.717) is 11.5 Å². The highest BCUT2D eigenvalue weighted by molar-refractivity contribution is 7.21. The van der Waals surface area contributed by atoms with E-state index in [-0.39, 0.29) is 12.4 Å². The number of hydrogen-bond donors (Lipinski definition) is 1. The summed E-state index contributed by atoms with van der Waals surface area (Å²) in [6, 6.07) is 16.9. The van der Waals surface area contributed by atoms with Crippen molar-refractivity contribution >= 4 is 33.7 Å². The van der Waals surface area contributed by atoms with Gasteiger partial charge in [0.1, 0.15) is 17.3 Å². The minimum absolute atomic E-state index is 0.269. The average Bonchev–Trinajstić information content (AvgIpc) is 3.33. The summed E-state index contributed by atoms with van der Waals surface area (Å²) < 4.78 is 25.0. The molecule has 0 spiro atoms. The lowest BCUT2D eigenvalue weighted by Crippen LogP contribution is -2.24. The maximum atomic E-state index is 13.0. The lowest BCUT2D eigenvalue weighted by atomic mass is 10.3. The van der Waals surface area contributed by atoms with Gasteiger partial charge in [0, 0.05) is 6.07 Å². The van der Waals surface area contributed by atoms with E-state index in [9.17, 15) is 9.18 Å². The van der Waals surface area contributed by atoms with Crippen LogP contribution in [0.1, 0.15) is 5.76 Å². The summed E-state index contributed by atoms with van der Waals surface area (Å²) in [5.74, 6) is 0.464. The van der Waals surface area contributed by atoms with Crippen LogP contribution in [0.4, 0.5) is 4.39 Å². The van der Waals surface area contributed by atoms with Crippen molar-refractivity contribution < 1.29 is 18.3 Å². The van der Waals surface area contributed by atoms with Gasteiger partial charge in [0.05, 0.1) is 16.4 Å². The molecule has 0 bridgehead atoms. The normalized spacial score (nSPS) is 11.2. The monoisotopic (exact) mass is 395 g/mol. The van der Waals surface area contributed by atoms with Gasteiger partial charge in [-0.15, -0.1) is 11.3 Å². The van der Waals surface area contributed by atoms with Crippen molar-refractivity contribution in [2.45, 2.75) is 0 Å². The summed E-state index contributed by atoms with van der Waals surface area (Å²) in [6.07, 6.45) is 1.39. The van der Waals surface area contributed by atoms with Crippen LogP contribution in [0.25, 0.3) is 21.0 Å². The number of amides is 1. The average molecular weight is 395 g/mol. The van der Waals surface area contributed by atoms with Gasteiger partial charge in [0.15, 0.2) is 17.4 Å². The van der Waals surface area contributed by atoms with Crippen LogP contribution < -0.4 is 10.2 Å². The summed E-state index contributed by atoms with van der Waals surface area (Å²) in [5.41, 5.74) is 3.24. The number of furan rings is 1. The number of carbonyl (C=O) groups is 1. The molecule has 28 heavy (non-hydrogen) atoms. The number of fused-ring (bicyclic) bond motifs is 1. The van der Waals surface area contributed by atoms with Crippen LogP contribution in [-0.2, 0) is 4.79 Å². The molecule has 2 aromatic carbocycles. The molecule has 1 N–H and O–H groups in total. The first kappa shape index (κ1) is 17.9. The zero-order chi connectivity index (χ0) is 19.3. The third kappa shape index (κ3) is 4.24. The van der Waals surface area contributed by atoms with Crippen molar-refractivity contribution in [3.8, 4) is 16.5 Å². The number of ether oxygens (including phenoxy) is 1. The highest BCUT2D eigenvalue weighted by atomic mass is 32.1. The largest absolute Gasteiger partial charge is 0.484 e. The summed E-state index contributed by atoms with van der Waals surface area (Å²) >= 11 is 1.54. The minimum atomic E-state index is -0.474. The Morgan fingerprint density at radius 2 is 2.11 bits per heavy atom. The quantitative estimate of drug-likeness (QED) is 0.392. The van der Waals surface area contributed by atoms with Crippen LogP contribution in [0.15, 0.2) is 70.2 Å². The van der Waals surface area contributed by atoms with Crippen LogP contribution in [0.3, 0.4) is 0 Å². The van der Waals surface area contributed by atoms with Crippen LogP contribution in [-0.4, -0.2) is 23.7 Å². The number of nitrogens with zero attached hydrogens (tertiary/aromatic N) is 2. The highest BCUT2D eigenvalue weighted by Gasteiger charge is 2.10. The second-order valence-electron chi connectivity index (χ2n) is 5.73. The summed E-state index contributed by atoms with van der Waals surface area (Å²) in [6.45, 7) is -0.282. The third-order valence-electron chi connectivity index (χ3n) is 3.68. The molecule has 4 aromatic rings. The third-order valence-corrected chi connectivity index (χ3v) is 4.73. The molecule has 8 heteroatoms. The fraction of sp³-hybridized carbons (Fsp3) is 0.0500. The van der Waals surface area contributed by atoms with E-state index < -0.39 is 11.7 Å². The number of hydrazone groups is 1. The van der Waals surface area contributed by atoms with E-state index in [1.165, 1.54) is 35.8 Å². The zero-order valence-electron chi connectivity index (χ0n) is 14.5. The molecule has 0 aliphatic rings. The number of rotatable bonds is 6. The molecule has 0 fully saturated rings. The molecule has 0 atom stereocenters. The molecule has 6 nitrogen and oxygen atoms in total. The second kappa shape index (κ2) is 8.01. The van der Waals surface area contributed by atoms with Gasteiger partial charge in [-0.3, -0.25) is 4.79 Å². The van der Waals surface area contributed by atoms with Gasteiger partial charge in [-0.1, -0.05) is 18.2 Å². The molecule has 0 saturated carbocycles. The van der Waals surface area contributed by atoms with Crippen LogP contribution in [0.5, 0.6) is 5.75 Å². The maximum absolute atomic E-state index is 13.0. The fourth-order valence-electron chi connectivity index (χ4n) is 2.42. The molecule has 2 heterocycles. The molecule has 0 radical (unpaired) electrons. The van der Waals surface area contributed by atoms with E-state index >= 15 is 0 Å². The summed E-state index contributed by atoms with van der Waals surface area (Å²) in [7, 11) is 0. The fourth-order valence-corrected chi connectivity index (χ4v) is 3.35. The Morgan fingerprint density at radius 3 is 2.96 bits per heavy atom. The maximum Gasteiger partial charge on any atom is 0.277 e. The molecular formula is C20H14FN3O3S. The molecule has 1 amide bonds. The lowest BCUT2D eigenvalue weighted by molar-refractivity contribution is -0.123. The molecule has 2 aromatic heterocycles. The van der Waals surface area contributed by atoms with Gasteiger partial charge in [-0.25, -0.2) is 14.8 Å². The van der Waals surface area contributed by atoms with E-state index in [1.807, 2.05) is 24.3 Å². The Kier molecular flexibility index (Phi) is 5.11. The first-order chi connectivity index (χ1) is 13.7. The van der Waals surface area contributed by atoms with Crippen molar-refractivity contribution in [2.24, 2.45) is 5.10 Å². The standard InChI is InChI=1S/C20H14FN3O3S/c21-13-4-3-5-14(10-13)26-12-19(25)24-22-11-15-8-9-17(27-15)20-23-16-6-1-2-7-18(16)28-20/h1-11H,12H2,(H,24,25)/b22-11-. The van der Waals surface area contributed by atoms with Crippen molar-refractivity contribution in [1.29, 1.82) is 0 Å². The van der Waals surface area contributed by atoms with E-state index in [1.54, 1.807) is 18.2 Å². The number of halogens is 1. The Balaban J connectivity index is 1.33. The molecular weight excluding hydrogens is 381 g/mol. The first-order valence-corrected chi connectivity index (χ1v) is 9.15. The van der Waals surface area contributed by atoms with Crippen LogP contribution >= 0.6 is 11.3 Å². The SMILES string of the molecule is O=C(COc1cccc(F)c1)N/N=C\c1ccc(-c2nc3ccccc3s2)o1. The molecule has 0 unspecified atom stereocenters. The topological polar surface area (TPSA) is 76.7 Å². The van der Waals surface area contributed by atoms with Crippen molar-refractivity contribution in [3.63, 3.8) is 0 Å².